The lowest BCUT2D eigenvalue weighted by Crippen LogP contribution is -2.55. The van der Waals surface area contributed by atoms with Crippen LogP contribution in [0.15, 0.2) is 60.7 Å². The van der Waals surface area contributed by atoms with Gasteiger partial charge in [0.1, 0.15) is 11.7 Å². The predicted octanol–water partition coefficient (Wildman–Crippen LogP) is 2.66. The second-order valence-electron chi connectivity index (χ2n) is 7.58. The monoisotopic (exact) mass is 419 g/mol. The molecule has 0 aliphatic carbocycles. The number of hydrogen-bond donors (Lipinski definition) is 3. The molecule has 1 aliphatic heterocycles. The molecule has 0 unspecified atom stereocenters. The highest BCUT2D eigenvalue weighted by Gasteiger charge is 2.27. The highest BCUT2D eigenvalue weighted by Crippen LogP contribution is 2.17. The number of rotatable bonds is 4. The Morgan fingerprint density at radius 3 is 2.26 bits per heavy atom. The van der Waals surface area contributed by atoms with Gasteiger partial charge in [-0.3, -0.25) is 9.59 Å². The number of nitrogens with one attached hydrogen (secondary N) is 3. The van der Waals surface area contributed by atoms with Gasteiger partial charge in [0.05, 0.1) is 0 Å². The van der Waals surface area contributed by atoms with Gasteiger partial charge in [-0.15, -0.1) is 0 Å². The van der Waals surface area contributed by atoms with Crippen molar-refractivity contribution in [2.24, 2.45) is 0 Å². The second-order valence-corrected chi connectivity index (χ2v) is 7.58. The Bertz CT molecular complexity index is 1050. The normalized spacial score (nSPS) is 14.9. The summed E-state index contributed by atoms with van der Waals surface area (Å²) in [5.41, 5.74) is 2.15. The highest BCUT2D eigenvalue weighted by molar-refractivity contribution is 5.98. The number of carbonyl (C=O) groups excluding carboxylic acids is 3. The van der Waals surface area contributed by atoms with Crippen LogP contribution in [-0.4, -0.2) is 64.9 Å². The van der Waals surface area contributed by atoms with Crippen LogP contribution in [-0.2, 0) is 4.79 Å². The quantitative estimate of drug-likeness (QED) is 0.606. The van der Waals surface area contributed by atoms with Gasteiger partial charge in [-0.2, -0.15) is 0 Å². The number of carbonyl (C=O) groups is 3. The summed E-state index contributed by atoms with van der Waals surface area (Å²) in [4.78, 5) is 44.2. The van der Waals surface area contributed by atoms with Crippen LogP contribution >= 0.6 is 0 Å². The van der Waals surface area contributed by atoms with Crippen molar-refractivity contribution in [3.63, 3.8) is 0 Å². The van der Waals surface area contributed by atoms with E-state index in [0.717, 1.165) is 10.9 Å². The molecule has 1 fully saturated rings. The summed E-state index contributed by atoms with van der Waals surface area (Å²) < 4.78 is 0. The maximum absolute atomic E-state index is 12.8. The molecule has 3 N–H and O–H groups in total. The molecule has 0 radical (unpaired) electrons. The van der Waals surface area contributed by atoms with E-state index < -0.39 is 6.04 Å². The Balaban J connectivity index is 1.28. The van der Waals surface area contributed by atoms with Crippen molar-refractivity contribution in [1.29, 1.82) is 0 Å². The molecule has 0 spiro atoms. The number of hydrogen-bond acceptors (Lipinski definition) is 3. The van der Waals surface area contributed by atoms with E-state index in [9.17, 15) is 14.4 Å². The van der Waals surface area contributed by atoms with E-state index in [1.807, 2.05) is 48.5 Å². The van der Waals surface area contributed by atoms with Crippen LogP contribution in [0.1, 0.15) is 17.4 Å². The van der Waals surface area contributed by atoms with Crippen molar-refractivity contribution in [1.82, 2.24) is 20.1 Å². The number of amides is 4. The zero-order chi connectivity index (χ0) is 21.8. The van der Waals surface area contributed by atoms with Gasteiger partial charge in [-0.25, -0.2) is 4.79 Å². The number of fused-ring (bicyclic) bond motifs is 1. The van der Waals surface area contributed by atoms with Crippen molar-refractivity contribution in [3.8, 4) is 0 Å². The average Bonchev–Trinajstić information content (AvgIpc) is 3.23. The molecule has 31 heavy (non-hydrogen) atoms. The molecule has 2 heterocycles. The van der Waals surface area contributed by atoms with Gasteiger partial charge in [-0.1, -0.05) is 36.4 Å². The molecule has 160 valence electrons. The van der Waals surface area contributed by atoms with E-state index in [1.165, 1.54) is 0 Å². The molecule has 4 rings (SSSR count). The van der Waals surface area contributed by atoms with Crippen LogP contribution in [0.2, 0.25) is 0 Å². The molecule has 0 saturated carbocycles. The highest BCUT2D eigenvalue weighted by atomic mass is 16.2. The van der Waals surface area contributed by atoms with E-state index in [1.54, 1.807) is 28.9 Å². The number of aromatic amines is 1. The fourth-order valence-electron chi connectivity index (χ4n) is 3.59. The number of para-hydroxylation sites is 2. The maximum atomic E-state index is 12.8. The summed E-state index contributed by atoms with van der Waals surface area (Å²) in [5, 5.41) is 6.49. The molecule has 3 aromatic rings. The topological polar surface area (TPSA) is 97.5 Å². The fraction of sp³-hybridized carbons (Fsp3) is 0.261. The molecular weight excluding hydrogens is 394 g/mol. The van der Waals surface area contributed by atoms with Crippen LogP contribution < -0.4 is 10.6 Å². The van der Waals surface area contributed by atoms with Crippen LogP contribution in [0, 0.1) is 0 Å². The van der Waals surface area contributed by atoms with E-state index in [-0.39, 0.29) is 17.8 Å². The molecule has 1 aromatic heterocycles. The number of aromatic nitrogens is 1. The van der Waals surface area contributed by atoms with Gasteiger partial charge < -0.3 is 25.4 Å². The first kappa shape index (κ1) is 20.5. The minimum Gasteiger partial charge on any atom is -0.351 e. The fourth-order valence-corrected chi connectivity index (χ4v) is 3.59. The van der Waals surface area contributed by atoms with E-state index in [0.29, 0.717) is 37.6 Å². The smallest absolute Gasteiger partial charge is 0.318 e. The summed E-state index contributed by atoms with van der Waals surface area (Å²) >= 11 is 0. The zero-order valence-electron chi connectivity index (χ0n) is 17.3. The maximum Gasteiger partial charge on any atom is 0.318 e. The summed E-state index contributed by atoms with van der Waals surface area (Å²) in [6.45, 7) is 3.33. The molecule has 8 nitrogen and oxygen atoms in total. The number of piperazine rings is 1. The van der Waals surface area contributed by atoms with Gasteiger partial charge in [0.2, 0.25) is 5.91 Å². The lowest BCUT2D eigenvalue weighted by atomic mass is 10.2. The summed E-state index contributed by atoms with van der Waals surface area (Å²) in [6.07, 6.45) is 0. The van der Waals surface area contributed by atoms with Crippen molar-refractivity contribution < 1.29 is 14.4 Å². The SMILES string of the molecule is C[C@@H](NC(=O)N1CCN(C(=O)c2cc3ccccc3[nH]2)CC1)C(=O)Nc1ccccc1. The third kappa shape index (κ3) is 4.69. The van der Waals surface area contributed by atoms with E-state index in [2.05, 4.69) is 15.6 Å². The summed E-state index contributed by atoms with van der Waals surface area (Å²) in [5.74, 6) is -0.362. The second kappa shape index (κ2) is 8.91. The number of nitrogens with zero attached hydrogens (tertiary/aromatic N) is 2. The standard InChI is InChI=1S/C23H25N5O3/c1-16(21(29)25-18-8-3-2-4-9-18)24-23(31)28-13-11-27(12-14-28)22(30)20-15-17-7-5-6-10-19(17)26-20/h2-10,15-16,26H,11-14H2,1H3,(H,24,31)(H,25,29)/t16-/m1/s1. The van der Waals surface area contributed by atoms with Crippen LogP contribution in [0.5, 0.6) is 0 Å². The van der Waals surface area contributed by atoms with Crippen molar-refractivity contribution in [2.45, 2.75) is 13.0 Å². The largest absolute Gasteiger partial charge is 0.351 e. The molecule has 1 atom stereocenters. The Hall–Kier alpha value is -3.81. The first-order valence-corrected chi connectivity index (χ1v) is 10.3. The number of urea groups is 1. The lowest BCUT2D eigenvalue weighted by molar-refractivity contribution is -0.117. The predicted molar refractivity (Wildman–Crippen MR) is 119 cm³/mol. The Morgan fingerprint density at radius 1 is 0.903 bits per heavy atom. The van der Waals surface area contributed by atoms with Crippen molar-refractivity contribution >= 4 is 34.4 Å². The van der Waals surface area contributed by atoms with Crippen LogP contribution in [0.25, 0.3) is 10.9 Å². The minimum atomic E-state index is -0.682. The van der Waals surface area contributed by atoms with Gasteiger partial charge in [0.25, 0.3) is 5.91 Å². The van der Waals surface area contributed by atoms with E-state index in [4.69, 9.17) is 0 Å². The number of anilines is 1. The minimum absolute atomic E-state index is 0.0770. The molecule has 1 aliphatic rings. The lowest BCUT2D eigenvalue weighted by Gasteiger charge is -2.35. The van der Waals surface area contributed by atoms with Gasteiger partial charge in [-0.05, 0) is 31.2 Å². The van der Waals surface area contributed by atoms with Crippen LogP contribution in [0.4, 0.5) is 10.5 Å². The molecule has 0 bridgehead atoms. The molecule has 2 aromatic carbocycles. The third-order valence-electron chi connectivity index (χ3n) is 5.39. The number of benzene rings is 2. The Morgan fingerprint density at radius 2 is 1.55 bits per heavy atom. The Kier molecular flexibility index (Phi) is 5.88. The molecule has 8 heteroatoms. The van der Waals surface area contributed by atoms with Gasteiger partial charge >= 0.3 is 6.03 Å². The zero-order valence-corrected chi connectivity index (χ0v) is 17.3. The third-order valence-corrected chi connectivity index (χ3v) is 5.39. The van der Waals surface area contributed by atoms with Gasteiger partial charge in [0, 0.05) is 42.8 Å². The van der Waals surface area contributed by atoms with E-state index >= 15 is 0 Å². The average molecular weight is 419 g/mol. The Labute approximate surface area is 180 Å². The van der Waals surface area contributed by atoms with Crippen LogP contribution in [0.3, 0.4) is 0 Å². The van der Waals surface area contributed by atoms with Crippen molar-refractivity contribution in [2.75, 3.05) is 31.5 Å². The summed E-state index contributed by atoms with van der Waals surface area (Å²) in [6, 6.07) is 17.7. The summed E-state index contributed by atoms with van der Waals surface area (Å²) in [7, 11) is 0. The molecular formula is C23H25N5O3. The first-order valence-electron chi connectivity index (χ1n) is 10.3. The van der Waals surface area contributed by atoms with Crippen molar-refractivity contribution in [3.05, 3.63) is 66.4 Å². The molecule has 1 saturated heterocycles. The van der Waals surface area contributed by atoms with Gasteiger partial charge in [0.15, 0.2) is 0 Å². The number of H-pyrrole nitrogens is 1. The first-order chi connectivity index (χ1) is 15.0. The molecule has 4 amide bonds.